The zero-order chi connectivity index (χ0) is 19.2. The fourth-order valence-corrected chi connectivity index (χ4v) is 2.86. The molecule has 2 aromatic carbocycles. The quantitative estimate of drug-likeness (QED) is 0.699. The van der Waals surface area contributed by atoms with Crippen LogP contribution in [0.15, 0.2) is 54.6 Å². The van der Waals surface area contributed by atoms with Crippen molar-refractivity contribution in [2.75, 3.05) is 5.32 Å². The van der Waals surface area contributed by atoms with E-state index < -0.39 is 0 Å². The summed E-state index contributed by atoms with van der Waals surface area (Å²) in [7, 11) is 0. The summed E-state index contributed by atoms with van der Waals surface area (Å²) in [5, 5.41) is 6.21. The lowest BCUT2D eigenvalue weighted by Crippen LogP contribution is -2.24. The Morgan fingerprint density at radius 3 is 2.52 bits per heavy atom. The van der Waals surface area contributed by atoms with Crippen molar-refractivity contribution in [1.29, 1.82) is 0 Å². The van der Waals surface area contributed by atoms with Gasteiger partial charge in [-0.05, 0) is 37.5 Å². The van der Waals surface area contributed by atoms with Crippen LogP contribution in [-0.2, 0) is 13.1 Å². The van der Waals surface area contributed by atoms with Gasteiger partial charge in [0.2, 0.25) is 0 Å². The number of hydrogen-bond acceptors (Lipinski definition) is 4. The highest BCUT2D eigenvalue weighted by atomic mass is 16.1. The van der Waals surface area contributed by atoms with E-state index in [2.05, 4.69) is 45.7 Å². The van der Waals surface area contributed by atoms with Gasteiger partial charge in [0.25, 0.3) is 5.91 Å². The Kier molecular flexibility index (Phi) is 5.81. The van der Waals surface area contributed by atoms with Crippen LogP contribution in [-0.4, -0.2) is 15.9 Å². The first-order valence-electron chi connectivity index (χ1n) is 8.99. The second-order valence-corrected chi connectivity index (χ2v) is 6.64. The molecule has 2 N–H and O–H groups in total. The Morgan fingerprint density at radius 2 is 1.74 bits per heavy atom. The Labute approximate surface area is 159 Å². The largest absolute Gasteiger partial charge is 0.366 e. The van der Waals surface area contributed by atoms with Gasteiger partial charge in [-0.15, -0.1) is 0 Å². The Morgan fingerprint density at radius 1 is 0.926 bits per heavy atom. The predicted octanol–water partition coefficient (Wildman–Crippen LogP) is 3.94. The molecule has 0 aliphatic carbocycles. The predicted molar refractivity (Wildman–Crippen MR) is 108 cm³/mol. The minimum Gasteiger partial charge on any atom is -0.366 e. The number of amides is 1. The number of benzene rings is 2. The number of carbonyl (C=O) groups excluding carboxylic acids is 1. The Balaban J connectivity index is 1.67. The van der Waals surface area contributed by atoms with Crippen LogP contribution in [0.2, 0.25) is 0 Å². The zero-order valence-electron chi connectivity index (χ0n) is 15.9. The topological polar surface area (TPSA) is 66.9 Å². The van der Waals surface area contributed by atoms with E-state index >= 15 is 0 Å². The molecule has 0 unspecified atom stereocenters. The van der Waals surface area contributed by atoms with Crippen molar-refractivity contribution in [3.8, 4) is 0 Å². The highest BCUT2D eigenvalue weighted by Crippen LogP contribution is 2.12. The highest BCUT2D eigenvalue weighted by Gasteiger charge is 2.11. The van der Waals surface area contributed by atoms with Gasteiger partial charge < -0.3 is 10.6 Å². The molecule has 0 aliphatic heterocycles. The van der Waals surface area contributed by atoms with Gasteiger partial charge in [0, 0.05) is 19.2 Å². The van der Waals surface area contributed by atoms with Gasteiger partial charge in [-0.3, -0.25) is 4.79 Å². The molecule has 5 nitrogen and oxygen atoms in total. The van der Waals surface area contributed by atoms with E-state index in [-0.39, 0.29) is 5.91 Å². The van der Waals surface area contributed by atoms with Crippen LogP contribution in [0.3, 0.4) is 0 Å². The van der Waals surface area contributed by atoms with Gasteiger partial charge in [0.1, 0.15) is 17.3 Å². The molecule has 0 spiro atoms. The van der Waals surface area contributed by atoms with Crippen LogP contribution < -0.4 is 10.6 Å². The number of hydrogen-bond donors (Lipinski definition) is 2. The average molecular weight is 360 g/mol. The molecule has 0 radical (unpaired) electrons. The Hall–Kier alpha value is -3.21. The molecule has 0 atom stereocenters. The molecule has 0 fully saturated rings. The molecule has 5 heteroatoms. The maximum absolute atomic E-state index is 12.5. The lowest BCUT2D eigenvalue weighted by atomic mass is 10.1. The minimum atomic E-state index is -0.207. The van der Waals surface area contributed by atoms with Crippen molar-refractivity contribution < 1.29 is 4.79 Å². The monoisotopic (exact) mass is 360 g/mol. The van der Waals surface area contributed by atoms with Crippen LogP contribution in [0, 0.1) is 20.8 Å². The third-order valence-corrected chi connectivity index (χ3v) is 4.33. The molecular weight excluding hydrogens is 336 g/mol. The van der Waals surface area contributed by atoms with Gasteiger partial charge in [-0.2, -0.15) is 0 Å². The number of nitrogens with one attached hydrogen (secondary N) is 2. The standard InChI is InChI=1S/C22H24N4O/c1-15-7-6-9-18(11-15)13-24-22(27)20-12-21(26-17(3)25-20)23-14-19-10-5-4-8-16(19)2/h4-12H,13-14H2,1-3H3,(H,24,27)(H,23,25,26). The van der Waals surface area contributed by atoms with Crippen molar-refractivity contribution in [2.24, 2.45) is 0 Å². The van der Waals surface area contributed by atoms with Crippen molar-refractivity contribution in [1.82, 2.24) is 15.3 Å². The van der Waals surface area contributed by atoms with Crippen molar-refractivity contribution >= 4 is 11.7 Å². The fourth-order valence-electron chi connectivity index (χ4n) is 2.86. The van der Waals surface area contributed by atoms with E-state index in [9.17, 15) is 4.79 Å². The summed E-state index contributed by atoms with van der Waals surface area (Å²) in [6, 6.07) is 17.9. The number of nitrogens with zero attached hydrogens (tertiary/aromatic N) is 2. The SMILES string of the molecule is Cc1cccc(CNC(=O)c2cc(NCc3ccccc3C)nc(C)n2)c1. The first-order valence-corrected chi connectivity index (χ1v) is 8.99. The van der Waals surface area contributed by atoms with Gasteiger partial charge >= 0.3 is 0 Å². The van der Waals surface area contributed by atoms with Crippen LogP contribution in [0.4, 0.5) is 5.82 Å². The van der Waals surface area contributed by atoms with Crippen molar-refractivity contribution in [3.63, 3.8) is 0 Å². The first kappa shape index (κ1) is 18.6. The number of anilines is 1. The highest BCUT2D eigenvalue weighted by molar-refractivity contribution is 5.92. The summed E-state index contributed by atoms with van der Waals surface area (Å²) in [6.07, 6.45) is 0. The molecular formula is C22H24N4O. The lowest BCUT2D eigenvalue weighted by molar-refractivity contribution is 0.0945. The first-order chi connectivity index (χ1) is 13.0. The molecule has 27 heavy (non-hydrogen) atoms. The zero-order valence-corrected chi connectivity index (χ0v) is 15.9. The summed E-state index contributed by atoms with van der Waals surface area (Å²) in [5.41, 5.74) is 5.00. The summed E-state index contributed by atoms with van der Waals surface area (Å²) in [6.45, 7) is 7.01. The van der Waals surface area contributed by atoms with Crippen molar-refractivity contribution in [2.45, 2.75) is 33.9 Å². The summed E-state index contributed by atoms with van der Waals surface area (Å²) in [4.78, 5) is 21.2. The van der Waals surface area contributed by atoms with E-state index in [1.54, 1.807) is 13.0 Å². The van der Waals surface area contributed by atoms with E-state index in [0.29, 0.717) is 30.4 Å². The third kappa shape index (κ3) is 5.14. The molecule has 1 heterocycles. The van der Waals surface area contributed by atoms with Gasteiger partial charge in [0.15, 0.2) is 0 Å². The lowest BCUT2D eigenvalue weighted by Gasteiger charge is -2.11. The second kappa shape index (κ2) is 8.45. The maximum atomic E-state index is 12.5. The van der Waals surface area contributed by atoms with E-state index in [4.69, 9.17) is 0 Å². The fraction of sp³-hybridized carbons (Fsp3) is 0.227. The number of carbonyl (C=O) groups is 1. The maximum Gasteiger partial charge on any atom is 0.270 e. The third-order valence-electron chi connectivity index (χ3n) is 4.33. The second-order valence-electron chi connectivity index (χ2n) is 6.64. The van der Waals surface area contributed by atoms with Gasteiger partial charge in [0.05, 0.1) is 0 Å². The normalized spacial score (nSPS) is 10.5. The molecule has 1 aromatic heterocycles. The summed E-state index contributed by atoms with van der Waals surface area (Å²) < 4.78 is 0. The minimum absolute atomic E-state index is 0.207. The Bertz CT molecular complexity index is 953. The van der Waals surface area contributed by atoms with E-state index in [1.165, 1.54) is 16.7 Å². The number of aryl methyl sites for hydroxylation is 3. The molecule has 0 bridgehead atoms. The molecule has 1 amide bonds. The molecule has 0 aliphatic rings. The van der Waals surface area contributed by atoms with Crippen LogP contribution >= 0.6 is 0 Å². The molecule has 0 saturated heterocycles. The molecule has 0 saturated carbocycles. The molecule has 3 rings (SSSR count). The number of rotatable bonds is 6. The van der Waals surface area contributed by atoms with Crippen LogP contribution in [0.1, 0.15) is 38.6 Å². The molecule has 3 aromatic rings. The smallest absolute Gasteiger partial charge is 0.270 e. The van der Waals surface area contributed by atoms with Crippen LogP contribution in [0.25, 0.3) is 0 Å². The average Bonchev–Trinajstić information content (AvgIpc) is 2.65. The number of aromatic nitrogens is 2. The molecule has 138 valence electrons. The van der Waals surface area contributed by atoms with Crippen molar-refractivity contribution in [3.05, 3.63) is 88.4 Å². The van der Waals surface area contributed by atoms with Crippen LogP contribution in [0.5, 0.6) is 0 Å². The van der Waals surface area contributed by atoms with Gasteiger partial charge in [-0.25, -0.2) is 9.97 Å². The van der Waals surface area contributed by atoms with E-state index in [1.807, 2.05) is 37.3 Å². The van der Waals surface area contributed by atoms with Gasteiger partial charge in [-0.1, -0.05) is 54.1 Å². The van der Waals surface area contributed by atoms with E-state index in [0.717, 1.165) is 5.56 Å². The summed E-state index contributed by atoms with van der Waals surface area (Å²) in [5.74, 6) is 0.998. The summed E-state index contributed by atoms with van der Waals surface area (Å²) >= 11 is 0.